The Hall–Kier alpha value is -1.90. The van der Waals surface area contributed by atoms with Crippen LogP contribution in [0.15, 0.2) is 59.5 Å². The molecule has 8 heteroatoms. The van der Waals surface area contributed by atoms with Gasteiger partial charge in [0.2, 0.25) is 10.0 Å². The van der Waals surface area contributed by atoms with Gasteiger partial charge in [-0.05, 0) is 48.6 Å². The molecule has 2 aromatic rings. The van der Waals surface area contributed by atoms with Gasteiger partial charge in [0.15, 0.2) is 0 Å². The summed E-state index contributed by atoms with van der Waals surface area (Å²) in [6, 6.07) is 12.0. The van der Waals surface area contributed by atoms with E-state index >= 15 is 0 Å². The zero-order valence-corrected chi connectivity index (χ0v) is 14.5. The second-order valence-corrected chi connectivity index (χ2v) is 8.18. The molecular formula is C18H18F3NO3S. The molecule has 1 aliphatic carbocycles. The average Bonchev–Trinajstić information content (AvgIpc) is 3.45. The smallest absolute Gasteiger partial charge is 0.383 e. The first kappa shape index (κ1) is 18.9. The number of aliphatic hydroxyl groups is 1. The predicted molar refractivity (Wildman–Crippen MR) is 89.7 cm³/mol. The minimum atomic E-state index is -4.53. The van der Waals surface area contributed by atoms with E-state index in [1.807, 2.05) is 0 Å². The molecule has 4 nitrogen and oxygen atoms in total. The lowest BCUT2D eigenvalue weighted by atomic mass is 9.89. The van der Waals surface area contributed by atoms with Gasteiger partial charge in [-0.3, -0.25) is 0 Å². The number of benzene rings is 2. The number of rotatable bonds is 6. The van der Waals surface area contributed by atoms with Crippen LogP contribution in [0, 0.1) is 5.92 Å². The van der Waals surface area contributed by atoms with Gasteiger partial charge >= 0.3 is 6.18 Å². The zero-order valence-electron chi connectivity index (χ0n) is 13.7. The Morgan fingerprint density at radius 2 is 1.54 bits per heavy atom. The predicted octanol–water partition coefficient (Wildman–Crippen LogP) is 3.28. The standard InChI is InChI=1S/C18H18F3NO3S/c19-18(20,21)15-8-10-16(11-9-15)26(24,25)22-12-17(23,14-6-7-14)13-4-2-1-3-5-13/h1-5,8-11,14,22-23H,6-7,12H2/t17-/m0/s1. The van der Waals surface area contributed by atoms with E-state index in [0.29, 0.717) is 5.56 Å². The van der Waals surface area contributed by atoms with Crippen molar-refractivity contribution in [3.63, 3.8) is 0 Å². The summed E-state index contributed by atoms with van der Waals surface area (Å²) in [6.45, 7) is -0.245. The van der Waals surface area contributed by atoms with Crippen molar-refractivity contribution in [2.24, 2.45) is 5.92 Å². The van der Waals surface area contributed by atoms with Gasteiger partial charge in [0.05, 0.1) is 10.5 Å². The van der Waals surface area contributed by atoms with Crippen LogP contribution in [0.1, 0.15) is 24.0 Å². The maximum Gasteiger partial charge on any atom is 0.416 e. The Kier molecular flexibility index (Phi) is 4.85. The van der Waals surface area contributed by atoms with E-state index in [-0.39, 0.29) is 17.4 Å². The molecule has 0 spiro atoms. The maximum absolute atomic E-state index is 12.6. The Labute approximate surface area is 149 Å². The van der Waals surface area contributed by atoms with E-state index in [9.17, 15) is 26.7 Å². The molecule has 140 valence electrons. The third-order valence-corrected chi connectivity index (χ3v) is 5.97. The van der Waals surface area contributed by atoms with Crippen molar-refractivity contribution in [2.75, 3.05) is 6.54 Å². The van der Waals surface area contributed by atoms with Gasteiger partial charge in [0.25, 0.3) is 0 Å². The van der Waals surface area contributed by atoms with Gasteiger partial charge in [0.1, 0.15) is 5.60 Å². The highest BCUT2D eigenvalue weighted by molar-refractivity contribution is 7.89. The highest BCUT2D eigenvalue weighted by Crippen LogP contribution is 2.45. The van der Waals surface area contributed by atoms with Crippen molar-refractivity contribution in [3.8, 4) is 0 Å². The number of nitrogens with one attached hydrogen (secondary N) is 1. The molecule has 1 atom stereocenters. The summed E-state index contributed by atoms with van der Waals surface area (Å²) in [7, 11) is -4.05. The number of alkyl halides is 3. The summed E-state index contributed by atoms with van der Waals surface area (Å²) in [5.74, 6) is -0.0554. The van der Waals surface area contributed by atoms with E-state index < -0.39 is 27.4 Å². The van der Waals surface area contributed by atoms with Crippen molar-refractivity contribution in [1.29, 1.82) is 0 Å². The normalized spacial score (nSPS) is 17.7. The summed E-state index contributed by atoms with van der Waals surface area (Å²) in [4.78, 5) is -0.281. The maximum atomic E-state index is 12.6. The second kappa shape index (κ2) is 6.68. The van der Waals surface area contributed by atoms with Crippen LogP contribution in [-0.4, -0.2) is 20.1 Å². The fourth-order valence-corrected chi connectivity index (χ4v) is 3.95. The van der Waals surface area contributed by atoms with Crippen LogP contribution in [-0.2, 0) is 21.8 Å². The molecule has 0 aromatic heterocycles. The molecule has 1 aliphatic rings. The first-order valence-electron chi connectivity index (χ1n) is 8.08. The molecule has 2 aromatic carbocycles. The summed E-state index contributed by atoms with van der Waals surface area (Å²) in [5.41, 5.74) is -1.66. The second-order valence-electron chi connectivity index (χ2n) is 6.41. The van der Waals surface area contributed by atoms with Gasteiger partial charge < -0.3 is 5.11 Å². The molecule has 0 saturated heterocycles. The third kappa shape index (κ3) is 3.92. The summed E-state index contributed by atoms with van der Waals surface area (Å²) in [6.07, 6.45) is -2.96. The SMILES string of the molecule is O=S(=O)(NC[C@](O)(c1ccccc1)C1CC1)c1ccc(C(F)(F)F)cc1. The lowest BCUT2D eigenvalue weighted by molar-refractivity contribution is -0.137. The van der Waals surface area contributed by atoms with Gasteiger partial charge in [0, 0.05) is 6.54 Å². The number of halogens is 3. The zero-order chi connectivity index (χ0) is 19.0. The highest BCUT2D eigenvalue weighted by Gasteiger charge is 2.45. The molecule has 0 unspecified atom stereocenters. The third-order valence-electron chi connectivity index (χ3n) is 4.55. The number of hydrogen-bond donors (Lipinski definition) is 2. The van der Waals surface area contributed by atoms with Crippen LogP contribution in [0.25, 0.3) is 0 Å². The molecule has 0 amide bonds. The Morgan fingerprint density at radius 1 is 0.962 bits per heavy atom. The molecule has 1 saturated carbocycles. The fraction of sp³-hybridized carbons (Fsp3) is 0.333. The molecule has 2 N–H and O–H groups in total. The van der Waals surface area contributed by atoms with Crippen LogP contribution < -0.4 is 4.72 Å². The largest absolute Gasteiger partial charge is 0.416 e. The van der Waals surface area contributed by atoms with Crippen molar-refractivity contribution < 1.29 is 26.7 Å². The molecule has 0 heterocycles. The fourth-order valence-electron chi connectivity index (χ4n) is 2.88. The minimum Gasteiger partial charge on any atom is -0.383 e. The lowest BCUT2D eigenvalue weighted by Gasteiger charge is -2.29. The number of sulfonamides is 1. The molecule has 1 fully saturated rings. The molecule has 0 aliphatic heterocycles. The quantitative estimate of drug-likeness (QED) is 0.802. The monoisotopic (exact) mass is 385 g/mol. The summed E-state index contributed by atoms with van der Waals surface area (Å²) < 4.78 is 65.0. The molecular weight excluding hydrogens is 367 g/mol. The van der Waals surface area contributed by atoms with Crippen molar-refractivity contribution in [3.05, 3.63) is 65.7 Å². The van der Waals surface area contributed by atoms with E-state index in [1.165, 1.54) is 0 Å². The van der Waals surface area contributed by atoms with Crippen molar-refractivity contribution in [1.82, 2.24) is 4.72 Å². The van der Waals surface area contributed by atoms with Crippen LogP contribution in [0.5, 0.6) is 0 Å². The van der Waals surface area contributed by atoms with Crippen molar-refractivity contribution in [2.45, 2.75) is 29.5 Å². The average molecular weight is 385 g/mol. The summed E-state index contributed by atoms with van der Waals surface area (Å²) >= 11 is 0. The van der Waals surface area contributed by atoms with Crippen molar-refractivity contribution >= 4 is 10.0 Å². The highest BCUT2D eigenvalue weighted by atomic mass is 32.2. The van der Waals surface area contributed by atoms with Gasteiger partial charge in [-0.15, -0.1) is 0 Å². The first-order valence-corrected chi connectivity index (χ1v) is 9.56. The number of hydrogen-bond acceptors (Lipinski definition) is 3. The van der Waals surface area contributed by atoms with Crippen LogP contribution in [0.3, 0.4) is 0 Å². The molecule has 3 rings (SSSR count). The van der Waals surface area contributed by atoms with Gasteiger partial charge in [-0.25, -0.2) is 13.1 Å². The summed E-state index contributed by atoms with van der Waals surface area (Å²) in [5, 5.41) is 11.0. The molecule has 26 heavy (non-hydrogen) atoms. The first-order chi connectivity index (χ1) is 12.1. The minimum absolute atomic E-state index is 0.0554. The van der Waals surface area contributed by atoms with E-state index in [4.69, 9.17) is 0 Å². The molecule has 0 radical (unpaired) electrons. The van der Waals surface area contributed by atoms with Crippen LogP contribution in [0.2, 0.25) is 0 Å². The molecule has 0 bridgehead atoms. The van der Waals surface area contributed by atoms with E-state index in [0.717, 1.165) is 37.1 Å². The topological polar surface area (TPSA) is 66.4 Å². The van der Waals surface area contributed by atoms with E-state index in [2.05, 4.69) is 4.72 Å². The Balaban J connectivity index is 1.79. The van der Waals surface area contributed by atoms with Gasteiger partial charge in [-0.1, -0.05) is 30.3 Å². The van der Waals surface area contributed by atoms with E-state index in [1.54, 1.807) is 30.3 Å². The lowest BCUT2D eigenvalue weighted by Crippen LogP contribution is -2.42. The Bertz CT molecular complexity index is 863. The Morgan fingerprint density at radius 3 is 2.04 bits per heavy atom. The van der Waals surface area contributed by atoms with Crippen LogP contribution in [0.4, 0.5) is 13.2 Å². The van der Waals surface area contributed by atoms with Crippen LogP contribution >= 0.6 is 0 Å². The van der Waals surface area contributed by atoms with Gasteiger partial charge in [-0.2, -0.15) is 13.2 Å².